The molecule has 0 N–H and O–H groups in total. The third kappa shape index (κ3) is 2.75. The molecule has 0 bridgehead atoms. The highest BCUT2D eigenvalue weighted by molar-refractivity contribution is 9.10. The number of hydrogen-bond donors (Lipinski definition) is 0. The number of aryl methyl sites for hydroxylation is 1. The number of carbonyl (C=O) groups is 2. The van der Waals surface area contributed by atoms with Crippen LogP contribution >= 0.6 is 27.3 Å². The Labute approximate surface area is 95.5 Å². The molecule has 0 aliphatic carbocycles. The molecule has 1 aromatic rings. The van der Waals surface area contributed by atoms with Gasteiger partial charge in [-0.3, -0.25) is 9.59 Å². The molecule has 0 atom stereocenters. The van der Waals surface area contributed by atoms with E-state index >= 15 is 0 Å². The number of thiophene rings is 1. The summed E-state index contributed by atoms with van der Waals surface area (Å²) in [5.41, 5.74) is 0. The van der Waals surface area contributed by atoms with Crippen LogP contribution in [0.15, 0.2) is 10.5 Å². The van der Waals surface area contributed by atoms with Gasteiger partial charge in [0.25, 0.3) is 0 Å². The molecule has 0 unspecified atom stereocenters. The highest BCUT2D eigenvalue weighted by Gasteiger charge is 2.13. The first-order chi connectivity index (χ1) is 6.54. The second-order valence-corrected chi connectivity index (χ2v) is 5.03. The van der Waals surface area contributed by atoms with Crippen molar-refractivity contribution in [1.29, 1.82) is 0 Å². The van der Waals surface area contributed by atoms with Gasteiger partial charge in [-0.1, -0.05) is 6.92 Å². The highest BCUT2D eigenvalue weighted by atomic mass is 79.9. The number of halogens is 1. The average molecular weight is 275 g/mol. The van der Waals surface area contributed by atoms with Gasteiger partial charge in [-0.2, -0.15) is 0 Å². The molecule has 2 nitrogen and oxygen atoms in total. The van der Waals surface area contributed by atoms with Crippen LogP contribution in [0.25, 0.3) is 0 Å². The summed E-state index contributed by atoms with van der Waals surface area (Å²) in [5, 5.41) is 0. The van der Waals surface area contributed by atoms with Gasteiger partial charge in [0.2, 0.25) is 0 Å². The quantitative estimate of drug-likeness (QED) is 0.624. The lowest BCUT2D eigenvalue weighted by molar-refractivity contribution is -0.116. The van der Waals surface area contributed by atoms with Crippen LogP contribution in [0.3, 0.4) is 0 Å². The molecule has 76 valence electrons. The fourth-order valence-corrected chi connectivity index (χ4v) is 2.93. The Morgan fingerprint density at radius 1 is 1.50 bits per heavy atom. The normalized spacial score (nSPS) is 10.2. The van der Waals surface area contributed by atoms with Crippen LogP contribution in [-0.2, 0) is 11.2 Å². The molecular weight excluding hydrogens is 264 g/mol. The van der Waals surface area contributed by atoms with Crippen LogP contribution in [0, 0.1) is 0 Å². The van der Waals surface area contributed by atoms with Crippen molar-refractivity contribution in [3.05, 3.63) is 20.3 Å². The average Bonchev–Trinajstić information content (AvgIpc) is 2.45. The third-order valence-corrected chi connectivity index (χ3v) is 4.05. The molecule has 0 spiro atoms. The third-order valence-electron chi connectivity index (χ3n) is 1.76. The Bertz CT molecular complexity index is 368. The standard InChI is InChI=1S/C10H11BrO2S/c1-3-9-7(11)5-10(14-9)8(13)4-6(2)12/h5H,3-4H2,1-2H3. The zero-order valence-electron chi connectivity index (χ0n) is 8.09. The van der Waals surface area contributed by atoms with E-state index in [0.29, 0.717) is 4.88 Å². The van der Waals surface area contributed by atoms with Crippen LogP contribution in [0.1, 0.15) is 34.8 Å². The summed E-state index contributed by atoms with van der Waals surface area (Å²) in [5.74, 6) is -0.166. The van der Waals surface area contributed by atoms with Gasteiger partial charge in [-0.15, -0.1) is 11.3 Å². The predicted octanol–water partition coefficient (Wildman–Crippen LogP) is 3.23. The smallest absolute Gasteiger partial charge is 0.180 e. The Morgan fingerprint density at radius 2 is 2.14 bits per heavy atom. The Kier molecular flexibility index (Phi) is 4.01. The van der Waals surface area contributed by atoms with Crippen LogP contribution in [-0.4, -0.2) is 11.6 Å². The molecule has 0 aliphatic rings. The zero-order valence-corrected chi connectivity index (χ0v) is 10.5. The molecule has 0 saturated heterocycles. The van der Waals surface area contributed by atoms with E-state index in [9.17, 15) is 9.59 Å². The predicted molar refractivity (Wildman–Crippen MR) is 61.0 cm³/mol. The van der Waals surface area contributed by atoms with Gasteiger partial charge in [0.1, 0.15) is 5.78 Å². The van der Waals surface area contributed by atoms with E-state index in [-0.39, 0.29) is 18.0 Å². The highest BCUT2D eigenvalue weighted by Crippen LogP contribution is 2.28. The number of ketones is 2. The van der Waals surface area contributed by atoms with Crippen molar-refractivity contribution >= 4 is 38.8 Å². The molecule has 0 aromatic carbocycles. The maximum absolute atomic E-state index is 11.5. The van der Waals surface area contributed by atoms with E-state index < -0.39 is 0 Å². The molecule has 1 aromatic heterocycles. The van der Waals surface area contributed by atoms with Gasteiger partial charge in [0.15, 0.2) is 5.78 Å². The molecule has 0 saturated carbocycles. The van der Waals surface area contributed by atoms with Crippen molar-refractivity contribution in [3.63, 3.8) is 0 Å². The van der Waals surface area contributed by atoms with Crippen molar-refractivity contribution in [1.82, 2.24) is 0 Å². The van der Waals surface area contributed by atoms with Crippen molar-refractivity contribution in [3.8, 4) is 0 Å². The molecule has 0 amide bonds. The topological polar surface area (TPSA) is 34.1 Å². The zero-order chi connectivity index (χ0) is 10.7. The minimum atomic E-state index is -0.0856. The monoisotopic (exact) mass is 274 g/mol. The van der Waals surface area contributed by atoms with Gasteiger partial charge in [-0.25, -0.2) is 0 Å². The molecule has 14 heavy (non-hydrogen) atoms. The summed E-state index contributed by atoms with van der Waals surface area (Å²) in [6.07, 6.45) is 0.911. The maximum atomic E-state index is 11.5. The van der Waals surface area contributed by atoms with Gasteiger partial charge in [0, 0.05) is 9.35 Å². The lowest BCUT2D eigenvalue weighted by Crippen LogP contribution is -2.02. The Morgan fingerprint density at radius 3 is 2.57 bits per heavy atom. The Balaban J connectivity index is 2.85. The van der Waals surface area contributed by atoms with E-state index in [0.717, 1.165) is 15.8 Å². The first kappa shape index (κ1) is 11.6. The van der Waals surface area contributed by atoms with Gasteiger partial charge >= 0.3 is 0 Å². The van der Waals surface area contributed by atoms with Crippen LogP contribution in [0.5, 0.6) is 0 Å². The summed E-state index contributed by atoms with van der Waals surface area (Å²) in [6, 6.07) is 1.80. The van der Waals surface area contributed by atoms with Crippen LogP contribution in [0.4, 0.5) is 0 Å². The maximum Gasteiger partial charge on any atom is 0.180 e. The second-order valence-electron chi connectivity index (χ2n) is 3.04. The first-order valence-corrected chi connectivity index (χ1v) is 5.96. The molecular formula is C10H11BrO2S. The van der Waals surface area contributed by atoms with E-state index in [1.807, 2.05) is 6.92 Å². The summed E-state index contributed by atoms with van der Waals surface area (Å²) < 4.78 is 0.969. The van der Waals surface area contributed by atoms with Gasteiger partial charge < -0.3 is 0 Å². The molecule has 0 aliphatic heterocycles. The van der Waals surface area contributed by atoms with Gasteiger partial charge in [-0.05, 0) is 35.3 Å². The first-order valence-electron chi connectivity index (χ1n) is 4.35. The summed E-state index contributed by atoms with van der Waals surface area (Å²) >= 11 is 4.85. The lowest BCUT2D eigenvalue weighted by Gasteiger charge is -1.91. The van der Waals surface area contributed by atoms with Gasteiger partial charge in [0.05, 0.1) is 11.3 Å². The largest absolute Gasteiger partial charge is 0.300 e. The van der Waals surface area contributed by atoms with E-state index in [2.05, 4.69) is 15.9 Å². The van der Waals surface area contributed by atoms with Crippen molar-refractivity contribution in [2.24, 2.45) is 0 Å². The minimum Gasteiger partial charge on any atom is -0.300 e. The number of hydrogen-bond acceptors (Lipinski definition) is 3. The molecule has 1 heterocycles. The number of Topliss-reactive ketones (excluding diaryl/α,β-unsaturated/α-hetero) is 2. The minimum absolute atomic E-state index is 0.0100. The molecule has 0 fully saturated rings. The van der Waals surface area contributed by atoms with E-state index in [4.69, 9.17) is 0 Å². The van der Waals surface area contributed by atoms with Crippen molar-refractivity contribution in [2.75, 3.05) is 0 Å². The summed E-state index contributed by atoms with van der Waals surface area (Å²) in [7, 11) is 0. The second kappa shape index (κ2) is 4.84. The summed E-state index contributed by atoms with van der Waals surface area (Å²) in [6.45, 7) is 3.47. The lowest BCUT2D eigenvalue weighted by atomic mass is 10.2. The molecule has 4 heteroatoms. The molecule has 1 rings (SSSR count). The van der Waals surface area contributed by atoms with Crippen molar-refractivity contribution in [2.45, 2.75) is 26.7 Å². The fourth-order valence-electron chi connectivity index (χ4n) is 1.10. The SMILES string of the molecule is CCc1sc(C(=O)CC(C)=O)cc1Br. The number of carbonyl (C=O) groups excluding carboxylic acids is 2. The number of rotatable bonds is 4. The van der Waals surface area contributed by atoms with E-state index in [1.165, 1.54) is 18.3 Å². The Hall–Kier alpha value is -0.480. The fraction of sp³-hybridized carbons (Fsp3) is 0.400. The molecule has 0 radical (unpaired) electrons. The van der Waals surface area contributed by atoms with Crippen LogP contribution in [0.2, 0.25) is 0 Å². The van der Waals surface area contributed by atoms with Crippen LogP contribution < -0.4 is 0 Å². The van der Waals surface area contributed by atoms with Crippen molar-refractivity contribution < 1.29 is 9.59 Å². The van der Waals surface area contributed by atoms with E-state index in [1.54, 1.807) is 6.07 Å². The summed E-state index contributed by atoms with van der Waals surface area (Å²) in [4.78, 5) is 24.1.